The molecule has 1 unspecified atom stereocenters. The van der Waals surface area contributed by atoms with E-state index < -0.39 is 21.1 Å². The number of hydrogen-bond acceptors (Lipinski definition) is 4. The van der Waals surface area contributed by atoms with Crippen molar-refractivity contribution in [2.24, 2.45) is 0 Å². The molecule has 1 N–H and O–H groups in total. The van der Waals surface area contributed by atoms with Gasteiger partial charge in [0, 0.05) is 15.2 Å². The van der Waals surface area contributed by atoms with Gasteiger partial charge in [0.25, 0.3) is 15.0 Å². The van der Waals surface area contributed by atoms with Crippen molar-refractivity contribution in [1.82, 2.24) is 5.32 Å². The van der Waals surface area contributed by atoms with Crippen LogP contribution in [0.2, 0.25) is 0 Å². The Balaban J connectivity index is 2.99. The Morgan fingerprint density at radius 1 is 1.60 bits per heavy atom. The first-order valence-electron chi connectivity index (χ1n) is 5.37. The van der Waals surface area contributed by atoms with Crippen molar-refractivity contribution >= 4 is 41.6 Å². The number of halogens is 2. The fourth-order valence-electron chi connectivity index (χ4n) is 1.30. The Kier molecular flexibility index (Phi) is 5.87. The van der Waals surface area contributed by atoms with Crippen molar-refractivity contribution in [3.8, 4) is 18.1 Å². The molecule has 0 spiro atoms. The quantitative estimate of drug-likeness (QED) is 0.625. The summed E-state index contributed by atoms with van der Waals surface area (Å²) in [6.07, 6.45) is 4.10. The molecule has 0 aliphatic carbocycles. The molecule has 0 fully saturated rings. The van der Waals surface area contributed by atoms with Crippen molar-refractivity contribution in [2.45, 2.75) is 17.9 Å². The monoisotopic (exact) mass is 379 g/mol. The van der Waals surface area contributed by atoms with E-state index >= 15 is 0 Å². The van der Waals surface area contributed by atoms with Crippen LogP contribution in [0.4, 0.5) is 0 Å². The summed E-state index contributed by atoms with van der Waals surface area (Å²) in [7, 11) is 1.34. The van der Waals surface area contributed by atoms with Gasteiger partial charge in [-0.2, -0.15) is 0 Å². The fraction of sp³-hybridized carbons (Fsp3) is 0.250. The van der Waals surface area contributed by atoms with Crippen LogP contribution in [0.5, 0.6) is 5.75 Å². The van der Waals surface area contributed by atoms with E-state index in [0.29, 0.717) is 4.47 Å². The van der Waals surface area contributed by atoms with Crippen LogP contribution in [0.25, 0.3) is 0 Å². The minimum atomic E-state index is -3.99. The first-order chi connectivity index (χ1) is 9.25. The molecular formula is C12H11BrClNO4S. The third-order valence-corrected chi connectivity index (χ3v) is 4.04. The number of benzene rings is 1. The number of carbonyl (C=O) groups excluding carboxylic acids is 1. The van der Waals surface area contributed by atoms with Crippen LogP contribution in [-0.2, 0) is 13.8 Å². The first kappa shape index (κ1) is 16.8. The lowest BCUT2D eigenvalue weighted by Crippen LogP contribution is -2.36. The molecule has 0 saturated carbocycles. The predicted octanol–water partition coefficient (Wildman–Crippen LogP) is 1.89. The third-order valence-electron chi connectivity index (χ3n) is 2.21. The topological polar surface area (TPSA) is 72.5 Å². The Hall–Kier alpha value is -1.23. The lowest BCUT2D eigenvalue weighted by atomic mass is 10.3. The molecule has 1 amide bonds. The van der Waals surface area contributed by atoms with E-state index in [4.69, 9.17) is 21.8 Å². The zero-order valence-electron chi connectivity index (χ0n) is 10.4. The molecule has 20 heavy (non-hydrogen) atoms. The second-order valence-corrected chi connectivity index (χ2v) is 7.16. The molecule has 0 radical (unpaired) electrons. The van der Waals surface area contributed by atoms with Gasteiger partial charge in [0.1, 0.15) is 10.6 Å². The molecular weight excluding hydrogens is 370 g/mol. The van der Waals surface area contributed by atoms with Gasteiger partial charge in [-0.1, -0.05) is 21.9 Å². The summed E-state index contributed by atoms with van der Waals surface area (Å²) in [4.78, 5) is 11.4. The van der Waals surface area contributed by atoms with Gasteiger partial charge < -0.3 is 10.1 Å². The standard InChI is InChI=1S/C12H11BrClNO4S/c1-3-6-15-12(16)8(2)19-10-5-4-9(13)7-11(10)20(14,17)18/h1,4-5,7-8H,6H2,2H3,(H,15,16). The van der Waals surface area contributed by atoms with Gasteiger partial charge in [0.15, 0.2) is 6.10 Å². The number of terminal acetylenes is 1. The van der Waals surface area contributed by atoms with Crippen molar-refractivity contribution in [2.75, 3.05) is 6.54 Å². The van der Waals surface area contributed by atoms with Gasteiger partial charge in [0.05, 0.1) is 6.54 Å². The van der Waals surface area contributed by atoms with E-state index in [0.717, 1.165) is 0 Å². The summed E-state index contributed by atoms with van der Waals surface area (Å²) in [6.45, 7) is 1.53. The second-order valence-electron chi connectivity index (χ2n) is 3.71. The molecule has 1 atom stereocenters. The minimum Gasteiger partial charge on any atom is -0.479 e. The molecule has 1 rings (SSSR count). The number of hydrogen-bond donors (Lipinski definition) is 1. The summed E-state index contributed by atoms with van der Waals surface area (Å²) in [5, 5.41) is 2.43. The number of nitrogens with one attached hydrogen (secondary N) is 1. The van der Waals surface area contributed by atoms with E-state index in [1.54, 1.807) is 6.07 Å². The minimum absolute atomic E-state index is 0.00782. The normalized spacial score (nSPS) is 12.3. The SMILES string of the molecule is C#CCNC(=O)C(C)Oc1ccc(Br)cc1S(=O)(=O)Cl. The Morgan fingerprint density at radius 3 is 2.80 bits per heavy atom. The van der Waals surface area contributed by atoms with E-state index in [1.165, 1.54) is 19.1 Å². The third kappa shape index (κ3) is 4.71. The smallest absolute Gasteiger partial charge is 0.265 e. The lowest BCUT2D eigenvalue weighted by molar-refractivity contribution is -0.127. The van der Waals surface area contributed by atoms with Gasteiger partial charge in [-0.25, -0.2) is 8.42 Å². The van der Waals surface area contributed by atoms with Gasteiger partial charge in [-0.3, -0.25) is 4.79 Å². The Morgan fingerprint density at radius 2 is 2.25 bits per heavy atom. The van der Waals surface area contributed by atoms with Crippen LogP contribution in [0, 0.1) is 12.3 Å². The van der Waals surface area contributed by atoms with Crippen molar-refractivity contribution in [3.05, 3.63) is 22.7 Å². The highest BCUT2D eigenvalue weighted by Gasteiger charge is 2.21. The van der Waals surface area contributed by atoms with Crippen LogP contribution in [0.1, 0.15) is 6.92 Å². The zero-order valence-corrected chi connectivity index (χ0v) is 13.5. The molecule has 0 saturated heterocycles. The summed E-state index contributed by atoms with van der Waals surface area (Å²) in [5.74, 6) is 1.79. The van der Waals surface area contributed by atoms with E-state index in [1.807, 2.05) is 0 Å². The van der Waals surface area contributed by atoms with E-state index in [2.05, 4.69) is 27.2 Å². The van der Waals surface area contributed by atoms with Gasteiger partial charge in [-0.05, 0) is 25.1 Å². The maximum Gasteiger partial charge on any atom is 0.265 e. The van der Waals surface area contributed by atoms with E-state index in [9.17, 15) is 13.2 Å². The molecule has 1 aromatic rings. The summed E-state index contributed by atoms with van der Waals surface area (Å²) in [5.41, 5.74) is 0. The average Bonchev–Trinajstić information content (AvgIpc) is 2.36. The van der Waals surface area contributed by atoms with Crippen LogP contribution in [0.15, 0.2) is 27.6 Å². The van der Waals surface area contributed by atoms with Crippen LogP contribution >= 0.6 is 26.6 Å². The zero-order chi connectivity index (χ0) is 15.3. The molecule has 1 aromatic carbocycles. The molecule has 8 heteroatoms. The summed E-state index contributed by atoms with van der Waals surface area (Å²) < 4.78 is 28.8. The van der Waals surface area contributed by atoms with E-state index in [-0.39, 0.29) is 17.2 Å². The molecule has 0 bridgehead atoms. The number of rotatable bonds is 5. The number of amides is 1. The first-order valence-corrected chi connectivity index (χ1v) is 8.48. The van der Waals surface area contributed by atoms with Gasteiger partial charge >= 0.3 is 0 Å². The Bertz CT molecular complexity index is 654. The van der Waals surface area contributed by atoms with Crippen molar-refractivity contribution in [3.63, 3.8) is 0 Å². The molecule has 0 heterocycles. The summed E-state index contributed by atoms with van der Waals surface area (Å²) in [6, 6.07) is 4.28. The van der Waals surface area contributed by atoms with Gasteiger partial charge in [-0.15, -0.1) is 6.42 Å². The number of ether oxygens (including phenoxy) is 1. The van der Waals surface area contributed by atoms with Gasteiger partial charge in [0.2, 0.25) is 0 Å². The van der Waals surface area contributed by atoms with Crippen molar-refractivity contribution < 1.29 is 17.9 Å². The molecule has 5 nitrogen and oxygen atoms in total. The second kappa shape index (κ2) is 6.97. The highest BCUT2D eigenvalue weighted by Crippen LogP contribution is 2.30. The average molecular weight is 381 g/mol. The molecule has 0 aliphatic rings. The van der Waals surface area contributed by atoms with Crippen molar-refractivity contribution in [1.29, 1.82) is 0 Å². The summed E-state index contributed by atoms with van der Waals surface area (Å²) >= 11 is 3.14. The molecule has 0 aliphatic heterocycles. The van der Waals surface area contributed by atoms with Crippen LogP contribution < -0.4 is 10.1 Å². The van der Waals surface area contributed by atoms with Crippen LogP contribution in [0.3, 0.4) is 0 Å². The largest absolute Gasteiger partial charge is 0.479 e. The molecule has 0 aromatic heterocycles. The highest BCUT2D eigenvalue weighted by molar-refractivity contribution is 9.10. The Labute approximate surface area is 130 Å². The molecule has 108 valence electrons. The highest BCUT2D eigenvalue weighted by atomic mass is 79.9. The van der Waals surface area contributed by atoms with Crippen LogP contribution in [-0.4, -0.2) is 27.0 Å². The maximum absolute atomic E-state index is 11.6. The predicted molar refractivity (Wildman–Crippen MR) is 79.1 cm³/mol. The lowest BCUT2D eigenvalue weighted by Gasteiger charge is -2.15. The maximum atomic E-state index is 11.6. The fourth-order valence-corrected chi connectivity index (χ4v) is 2.79. The number of carbonyl (C=O) groups is 1.